The second-order valence-corrected chi connectivity index (χ2v) is 9.03. The van der Waals surface area contributed by atoms with Gasteiger partial charge in [0.25, 0.3) is 5.91 Å². The number of anilines is 2. The smallest absolute Gasteiger partial charge is 0.253 e. The molecule has 0 saturated heterocycles. The number of carbonyl (C=O) groups is 4. The Morgan fingerprint density at radius 1 is 0.861 bits per heavy atom. The fourth-order valence-corrected chi connectivity index (χ4v) is 4.06. The molecule has 0 bridgehead atoms. The fraction of sp³-hybridized carbons (Fsp3) is 0.222. The number of hydrogen-bond donors (Lipinski definition) is 4. The van der Waals surface area contributed by atoms with E-state index in [4.69, 9.17) is 0 Å². The average Bonchev–Trinajstić information content (AvgIpc) is 3.01. The van der Waals surface area contributed by atoms with Crippen LogP contribution in [0.1, 0.15) is 35.5 Å². The van der Waals surface area contributed by atoms with E-state index in [1.807, 2.05) is 36.4 Å². The first-order valence-corrected chi connectivity index (χ1v) is 11.5. The summed E-state index contributed by atoms with van der Waals surface area (Å²) in [6.07, 6.45) is 1.63. The van der Waals surface area contributed by atoms with E-state index >= 15 is 0 Å². The van der Waals surface area contributed by atoms with Crippen molar-refractivity contribution in [2.24, 2.45) is 11.3 Å². The Balaban J connectivity index is 1.52. The highest BCUT2D eigenvalue weighted by atomic mass is 16.2. The lowest BCUT2D eigenvalue weighted by molar-refractivity contribution is -0.144. The summed E-state index contributed by atoms with van der Waals surface area (Å²) in [5, 5.41) is 11.0. The molecule has 4 N–H and O–H groups in total. The van der Waals surface area contributed by atoms with Crippen LogP contribution in [0.3, 0.4) is 0 Å². The summed E-state index contributed by atoms with van der Waals surface area (Å²) in [5.74, 6) is -3.51. The first kappa shape index (κ1) is 24.6. The third-order valence-corrected chi connectivity index (χ3v) is 6.10. The van der Waals surface area contributed by atoms with Gasteiger partial charge in [0, 0.05) is 12.7 Å². The van der Waals surface area contributed by atoms with E-state index in [9.17, 15) is 19.2 Å². The molecule has 9 nitrogen and oxygen atoms in total. The number of benzene rings is 2. The number of pyridine rings is 1. The molecule has 4 amide bonds. The number of para-hydroxylation sites is 1. The molecule has 1 aromatic heterocycles. The Morgan fingerprint density at radius 2 is 1.58 bits per heavy atom. The zero-order chi connectivity index (χ0) is 25.7. The van der Waals surface area contributed by atoms with Crippen LogP contribution in [-0.2, 0) is 27.5 Å². The molecular formula is C27H27N5O4. The highest BCUT2D eigenvalue weighted by Gasteiger charge is 2.47. The van der Waals surface area contributed by atoms with Gasteiger partial charge in [0.05, 0.1) is 34.6 Å². The fourth-order valence-electron chi connectivity index (χ4n) is 4.06. The Morgan fingerprint density at radius 3 is 2.31 bits per heavy atom. The van der Waals surface area contributed by atoms with Crippen LogP contribution in [0.25, 0.3) is 0 Å². The maximum absolute atomic E-state index is 13.3. The summed E-state index contributed by atoms with van der Waals surface area (Å²) in [6, 6.07) is 19.5. The van der Waals surface area contributed by atoms with Crippen molar-refractivity contribution in [3.63, 3.8) is 0 Å². The monoisotopic (exact) mass is 485 g/mol. The lowest BCUT2D eigenvalue weighted by Gasteiger charge is -2.29. The van der Waals surface area contributed by atoms with Gasteiger partial charge >= 0.3 is 0 Å². The molecular weight excluding hydrogens is 458 g/mol. The van der Waals surface area contributed by atoms with E-state index in [2.05, 4.69) is 26.3 Å². The molecule has 0 spiro atoms. The number of carbonyl (C=O) groups excluding carboxylic acids is 4. The Hall–Kier alpha value is -4.53. The maximum Gasteiger partial charge on any atom is 0.253 e. The van der Waals surface area contributed by atoms with E-state index < -0.39 is 35.0 Å². The number of nitrogens with one attached hydrogen (secondary N) is 4. The molecule has 184 valence electrons. The van der Waals surface area contributed by atoms with Crippen molar-refractivity contribution in [3.8, 4) is 0 Å². The lowest BCUT2D eigenvalue weighted by atomic mass is 9.76. The van der Waals surface area contributed by atoms with Crippen molar-refractivity contribution in [1.82, 2.24) is 15.6 Å². The second kappa shape index (κ2) is 10.4. The number of amides is 4. The predicted octanol–water partition coefficient (Wildman–Crippen LogP) is 2.86. The molecule has 0 fully saturated rings. The zero-order valence-corrected chi connectivity index (χ0v) is 20.0. The van der Waals surface area contributed by atoms with Crippen molar-refractivity contribution in [2.45, 2.75) is 26.9 Å². The molecule has 0 radical (unpaired) electrons. The Kier molecular flexibility index (Phi) is 7.10. The lowest BCUT2D eigenvalue weighted by Crippen LogP contribution is -2.50. The summed E-state index contributed by atoms with van der Waals surface area (Å²) in [7, 11) is 0. The van der Waals surface area contributed by atoms with Crippen molar-refractivity contribution >= 4 is 35.0 Å². The second-order valence-electron chi connectivity index (χ2n) is 9.03. The number of rotatable bonds is 7. The molecule has 3 aromatic rings. The van der Waals surface area contributed by atoms with E-state index in [1.165, 1.54) is 0 Å². The van der Waals surface area contributed by atoms with Crippen LogP contribution in [-0.4, -0.2) is 28.6 Å². The molecule has 0 saturated carbocycles. The highest BCUT2D eigenvalue weighted by molar-refractivity contribution is 6.20. The van der Waals surface area contributed by atoms with Gasteiger partial charge in [-0.15, -0.1) is 0 Å². The first-order chi connectivity index (χ1) is 17.3. The van der Waals surface area contributed by atoms with Gasteiger partial charge in [0.1, 0.15) is 5.92 Å². The molecule has 2 aromatic carbocycles. The van der Waals surface area contributed by atoms with Crippen molar-refractivity contribution < 1.29 is 19.2 Å². The molecule has 2 heterocycles. The minimum Gasteiger partial charge on any atom is -0.352 e. The van der Waals surface area contributed by atoms with Crippen LogP contribution in [0, 0.1) is 11.3 Å². The SMILES string of the molecule is CC(C)(C(=O)NCc1ccccc1)C1C(=O)Nc2cccc(C(=O)NCc3ccccn3)c2NC1=O. The van der Waals surface area contributed by atoms with Gasteiger partial charge in [-0.2, -0.15) is 0 Å². The third-order valence-electron chi connectivity index (χ3n) is 6.10. The molecule has 0 aliphatic carbocycles. The topological polar surface area (TPSA) is 129 Å². The predicted molar refractivity (Wildman–Crippen MR) is 135 cm³/mol. The summed E-state index contributed by atoms with van der Waals surface area (Å²) in [4.78, 5) is 56.6. The van der Waals surface area contributed by atoms with Gasteiger partial charge in [-0.3, -0.25) is 24.2 Å². The summed E-state index contributed by atoms with van der Waals surface area (Å²) >= 11 is 0. The molecule has 1 aliphatic heterocycles. The minimum atomic E-state index is -1.37. The van der Waals surface area contributed by atoms with Gasteiger partial charge in [-0.05, 0) is 43.7 Å². The summed E-state index contributed by atoms with van der Waals surface area (Å²) < 4.78 is 0. The molecule has 4 rings (SSSR count). The van der Waals surface area contributed by atoms with E-state index in [0.29, 0.717) is 5.69 Å². The largest absolute Gasteiger partial charge is 0.352 e. The van der Waals surface area contributed by atoms with E-state index in [0.717, 1.165) is 5.56 Å². The average molecular weight is 486 g/mol. The van der Waals surface area contributed by atoms with Crippen molar-refractivity contribution in [3.05, 3.63) is 89.7 Å². The Bertz CT molecular complexity index is 1290. The quantitative estimate of drug-likeness (QED) is 0.383. The standard InChI is InChI=1S/C27H27N5O4/c1-27(2,26(36)30-15-17-9-4-3-5-10-17)21-24(34)31-20-13-8-12-19(22(20)32-25(21)35)23(33)29-16-18-11-6-7-14-28-18/h3-14,21H,15-16H2,1-2H3,(H,29,33)(H,30,36)(H,31,34)(H,32,35). The van der Waals surface area contributed by atoms with Crippen LogP contribution < -0.4 is 21.3 Å². The minimum absolute atomic E-state index is 0.178. The normalized spacial score (nSPS) is 15.1. The molecule has 1 unspecified atom stereocenters. The van der Waals surface area contributed by atoms with Crippen LogP contribution in [0.15, 0.2) is 72.9 Å². The first-order valence-electron chi connectivity index (χ1n) is 11.5. The third kappa shape index (κ3) is 5.25. The number of nitrogens with zero attached hydrogens (tertiary/aromatic N) is 1. The van der Waals surface area contributed by atoms with Gasteiger partial charge in [-0.25, -0.2) is 0 Å². The molecule has 9 heteroatoms. The van der Waals surface area contributed by atoms with E-state index in [-0.39, 0.29) is 30.0 Å². The van der Waals surface area contributed by atoms with Crippen LogP contribution in [0.2, 0.25) is 0 Å². The summed E-state index contributed by atoms with van der Waals surface area (Å²) in [6.45, 7) is 3.56. The summed E-state index contributed by atoms with van der Waals surface area (Å²) in [5.41, 5.74) is 0.842. The molecule has 1 atom stereocenters. The van der Waals surface area contributed by atoms with Crippen molar-refractivity contribution in [1.29, 1.82) is 0 Å². The number of aromatic nitrogens is 1. The zero-order valence-electron chi connectivity index (χ0n) is 20.0. The van der Waals surface area contributed by atoms with Gasteiger partial charge in [0.15, 0.2) is 0 Å². The van der Waals surface area contributed by atoms with Gasteiger partial charge in [0.2, 0.25) is 17.7 Å². The highest BCUT2D eigenvalue weighted by Crippen LogP contribution is 2.36. The maximum atomic E-state index is 13.3. The van der Waals surface area contributed by atoms with Crippen LogP contribution in [0.5, 0.6) is 0 Å². The van der Waals surface area contributed by atoms with Crippen molar-refractivity contribution in [2.75, 3.05) is 10.6 Å². The molecule has 1 aliphatic rings. The van der Waals surface area contributed by atoms with Gasteiger partial charge in [-0.1, -0.05) is 42.5 Å². The van der Waals surface area contributed by atoms with Crippen LogP contribution >= 0.6 is 0 Å². The number of hydrogen-bond acceptors (Lipinski definition) is 5. The van der Waals surface area contributed by atoms with E-state index in [1.54, 1.807) is 50.4 Å². The van der Waals surface area contributed by atoms with Gasteiger partial charge < -0.3 is 21.3 Å². The Labute approximate surface area is 208 Å². The number of fused-ring (bicyclic) bond motifs is 1. The molecule has 36 heavy (non-hydrogen) atoms. The van der Waals surface area contributed by atoms with Crippen LogP contribution in [0.4, 0.5) is 11.4 Å².